The molecule has 4 rings (SSSR count). The summed E-state index contributed by atoms with van der Waals surface area (Å²) in [6.07, 6.45) is 1.71. The topological polar surface area (TPSA) is 47.9 Å². The minimum absolute atomic E-state index is 0.223. The Morgan fingerprint density at radius 1 is 1.15 bits per heavy atom. The number of benzene rings is 2. The van der Waals surface area contributed by atoms with E-state index in [4.69, 9.17) is 25.8 Å². The van der Waals surface area contributed by atoms with Crippen molar-refractivity contribution in [3.8, 4) is 11.5 Å². The van der Waals surface area contributed by atoms with Crippen molar-refractivity contribution >= 4 is 22.2 Å². The molecule has 1 fully saturated rings. The monoisotopic (exact) mass is 372 g/mol. The predicted octanol–water partition coefficient (Wildman–Crippen LogP) is 4.72. The van der Waals surface area contributed by atoms with Crippen molar-refractivity contribution in [1.29, 1.82) is 0 Å². The van der Waals surface area contributed by atoms with E-state index in [2.05, 4.69) is 0 Å². The maximum atomic E-state index is 10.5. The van der Waals surface area contributed by atoms with Crippen LogP contribution in [0.5, 0.6) is 11.5 Å². The predicted molar refractivity (Wildman–Crippen MR) is 101 cm³/mol. The largest absolute Gasteiger partial charge is 0.465 e. The minimum Gasteiger partial charge on any atom is -0.465 e. The lowest BCUT2D eigenvalue weighted by Gasteiger charge is -2.27. The highest BCUT2D eigenvalue weighted by Crippen LogP contribution is 2.42. The zero-order valence-corrected chi connectivity index (χ0v) is 15.3. The molecule has 1 saturated heterocycles. The molecule has 2 heterocycles. The molecule has 0 bridgehead atoms. The Hall–Kier alpha value is -2.01. The van der Waals surface area contributed by atoms with E-state index in [0.29, 0.717) is 22.1 Å². The zero-order chi connectivity index (χ0) is 18.1. The molecule has 4 nitrogen and oxygen atoms in total. The fourth-order valence-corrected chi connectivity index (χ4v) is 3.66. The van der Waals surface area contributed by atoms with Gasteiger partial charge in [0.1, 0.15) is 11.5 Å². The molecular weight excluding hydrogens is 352 g/mol. The maximum absolute atomic E-state index is 10.5. The quantitative estimate of drug-likeness (QED) is 0.847. The Bertz CT molecular complexity index is 840. The standard InChI is InChI=1S/C21H21ClO4/c1-13-8-9-17-16(11-13)20(22)19(21(23)26-17)14-5-4-6-15(12-14)25-18-7-2-3-10-24-18/h4-6,8-9,11-12,18,21,23H,2-3,7,10H2,1H3. The van der Waals surface area contributed by atoms with Crippen LogP contribution in [-0.2, 0) is 4.74 Å². The number of aryl methyl sites for hydroxylation is 1. The van der Waals surface area contributed by atoms with Crippen LogP contribution in [0.15, 0.2) is 42.5 Å². The SMILES string of the molecule is Cc1ccc2c(c1)C(Cl)=C(c1cccc(OC3CCCCO3)c1)C(O)O2. The van der Waals surface area contributed by atoms with Gasteiger partial charge in [-0.15, -0.1) is 0 Å². The summed E-state index contributed by atoms with van der Waals surface area (Å²) in [4.78, 5) is 0. The fourth-order valence-electron chi connectivity index (χ4n) is 3.31. The summed E-state index contributed by atoms with van der Waals surface area (Å²) in [7, 11) is 0. The molecule has 5 heteroatoms. The molecule has 2 atom stereocenters. The van der Waals surface area contributed by atoms with Crippen molar-refractivity contribution in [3.05, 3.63) is 59.2 Å². The molecule has 2 aromatic carbocycles. The summed E-state index contributed by atoms with van der Waals surface area (Å²) in [5.41, 5.74) is 3.17. The Kier molecular flexibility index (Phi) is 4.90. The van der Waals surface area contributed by atoms with E-state index in [-0.39, 0.29) is 6.29 Å². The Morgan fingerprint density at radius 2 is 2.04 bits per heavy atom. The second-order valence-corrected chi connectivity index (χ2v) is 7.02. The first-order chi connectivity index (χ1) is 12.6. The van der Waals surface area contributed by atoms with Crippen molar-refractivity contribution < 1.29 is 19.3 Å². The lowest BCUT2D eigenvalue weighted by Crippen LogP contribution is -2.25. The average molecular weight is 373 g/mol. The van der Waals surface area contributed by atoms with Gasteiger partial charge in [0.25, 0.3) is 0 Å². The molecule has 1 N–H and O–H groups in total. The first kappa shape index (κ1) is 17.4. The van der Waals surface area contributed by atoms with Gasteiger partial charge in [-0.25, -0.2) is 0 Å². The lowest BCUT2D eigenvalue weighted by molar-refractivity contribution is -0.105. The summed E-state index contributed by atoms with van der Waals surface area (Å²) in [6, 6.07) is 13.2. The number of hydrogen-bond donors (Lipinski definition) is 1. The Labute approximate surface area is 158 Å². The van der Waals surface area contributed by atoms with Crippen LogP contribution in [-0.4, -0.2) is 24.3 Å². The van der Waals surface area contributed by atoms with Crippen LogP contribution in [0.25, 0.3) is 10.6 Å². The highest BCUT2D eigenvalue weighted by atomic mass is 35.5. The smallest absolute Gasteiger partial charge is 0.226 e. The molecule has 0 radical (unpaired) electrons. The normalized spacial score (nSPS) is 22.6. The number of ether oxygens (including phenoxy) is 3. The first-order valence-corrected chi connectivity index (χ1v) is 9.24. The third-order valence-corrected chi connectivity index (χ3v) is 5.05. The number of aliphatic hydroxyl groups excluding tert-OH is 1. The molecule has 0 saturated carbocycles. The van der Waals surface area contributed by atoms with Gasteiger partial charge in [-0.05, 0) is 49.6 Å². The van der Waals surface area contributed by atoms with Gasteiger partial charge in [0.15, 0.2) is 6.29 Å². The van der Waals surface area contributed by atoms with Gasteiger partial charge in [0, 0.05) is 17.6 Å². The van der Waals surface area contributed by atoms with Crippen LogP contribution in [0.1, 0.15) is 36.0 Å². The van der Waals surface area contributed by atoms with Gasteiger partial charge in [-0.3, -0.25) is 0 Å². The van der Waals surface area contributed by atoms with Gasteiger partial charge < -0.3 is 19.3 Å². The van der Waals surface area contributed by atoms with E-state index in [1.165, 1.54) is 0 Å². The molecule has 0 spiro atoms. The second-order valence-electron chi connectivity index (χ2n) is 6.64. The molecule has 2 aliphatic heterocycles. The number of fused-ring (bicyclic) bond motifs is 1. The van der Waals surface area contributed by atoms with Crippen molar-refractivity contribution in [1.82, 2.24) is 0 Å². The van der Waals surface area contributed by atoms with Crippen LogP contribution in [0.3, 0.4) is 0 Å². The summed E-state index contributed by atoms with van der Waals surface area (Å²) in [6.45, 7) is 2.72. The van der Waals surface area contributed by atoms with Crippen LogP contribution in [0.2, 0.25) is 0 Å². The lowest BCUT2D eigenvalue weighted by atomic mass is 9.98. The minimum atomic E-state index is -1.13. The number of halogens is 1. The molecule has 26 heavy (non-hydrogen) atoms. The summed E-state index contributed by atoms with van der Waals surface area (Å²) < 4.78 is 17.2. The van der Waals surface area contributed by atoms with E-state index < -0.39 is 6.29 Å². The van der Waals surface area contributed by atoms with Gasteiger partial charge >= 0.3 is 0 Å². The van der Waals surface area contributed by atoms with E-state index in [9.17, 15) is 5.11 Å². The molecule has 2 aromatic rings. The summed E-state index contributed by atoms with van der Waals surface area (Å²) >= 11 is 6.63. The average Bonchev–Trinajstić information content (AvgIpc) is 2.64. The van der Waals surface area contributed by atoms with Crippen LogP contribution in [0, 0.1) is 6.92 Å². The summed E-state index contributed by atoms with van der Waals surface area (Å²) in [5, 5.41) is 11.0. The molecule has 0 amide bonds. The number of rotatable bonds is 3. The van der Waals surface area contributed by atoms with Crippen molar-refractivity contribution in [2.75, 3.05) is 6.61 Å². The van der Waals surface area contributed by atoms with E-state index in [1.54, 1.807) is 0 Å². The molecule has 2 unspecified atom stereocenters. The molecule has 136 valence electrons. The third kappa shape index (κ3) is 3.45. The fraction of sp³-hybridized carbons (Fsp3) is 0.333. The van der Waals surface area contributed by atoms with Gasteiger partial charge in [0.05, 0.1) is 11.6 Å². The van der Waals surface area contributed by atoms with Crippen molar-refractivity contribution in [2.45, 2.75) is 38.8 Å². The van der Waals surface area contributed by atoms with Crippen molar-refractivity contribution in [3.63, 3.8) is 0 Å². The highest BCUT2D eigenvalue weighted by molar-refractivity contribution is 6.53. The zero-order valence-electron chi connectivity index (χ0n) is 14.6. The molecule has 2 aliphatic rings. The number of aliphatic hydroxyl groups is 1. The van der Waals surface area contributed by atoms with Gasteiger partial charge in [0.2, 0.25) is 6.29 Å². The first-order valence-electron chi connectivity index (χ1n) is 8.86. The van der Waals surface area contributed by atoms with Crippen LogP contribution >= 0.6 is 11.6 Å². The number of hydrogen-bond acceptors (Lipinski definition) is 4. The van der Waals surface area contributed by atoms with Crippen molar-refractivity contribution in [2.24, 2.45) is 0 Å². The van der Waals surface area contributed by atoms with Gasteiger partial charge in [-0.1, -0.05) is 35.4 Å². The summed E-state index contributed by atoms with van der Waals surface area (Å²) in [5.74, 6) is 1.27. The van der Waals surface area contributed by atoms with Crippen LogP contribution in [0.4, 0.5) is 0 Å². The Balaban J connectivity index is 1.67. The van der Waals surface area contributed by atoms with Crippen LogP contribution < -0.4 is 9.47 Å². The van der Waals surface area contributed by atoms with E-state index >= 15 is 0 Å². The highest BCUT2D eigenvalue weighted by Gasteiger charge is 2.28. The molecule has 0 aliphatic carbocycles. The van der Waals surface area contributed by atoms with E-state index in [0.717, 1.165) is 42.6 Å². The Morgan fingerprint density at radius 3 is 2.85 bits per heavy atom. The third-order valence-electron chi connectivity index (χ3n) is 4.64. The second kappa shape index (κ2) is 7.31. The molecule has 0 aromatic heterocycles. The van der Waals surface area contributed by atoms with Gasteiger partial charge in [-0.2, -0.15) is 0 Å². The van der Waals surface area contributed by atoms with E-state index in [1.807, 2.05) is 49.4 Å². The maximum Gasteiger partial charge on any atom is 0.226 e. The molecular formula is C21H21ClO4.